The summed E-state index contributed by atoms with van der Waals surface area (Å²) in [5, 5.41) is 2.69. The fourth-order valence-corrected chi connectivity index (χ4v) is 2.89. The summed E-state index contributed by atoms with van der Waals surface area (Å²) in [7, 11) is 1.57. The van der Waals surface area contributed by atoms with Gasteiger partial charge in [-0.3, -0.25) is 9.59 Å². The van der Waals surface area contributed by atoms with Crippen LogP contribution in [0.5, 0.6) is 5.75 Å². The number of amides is 2. The summed E-state index contributed by atoms with van der Waals surface area (Å²) in [5.41, 5.74) is 2.63. The van der Waals surface area contributed by atoms with Gasteiger partial charge >= 0.3 is 0 Å². The van der Waals surface area contributed by atoms with Crippen LogP contribution in [0.3, 0.4) is 0 Å². The lowest BCUT2D eigenvalue weighted by Gasteiger charge is -2.29. The third kappa shape index (κ3) is 3.40. The highest BCUT2D eigenvalue weighted by Crippen LogP contribution is 2.26. The molecule has 5 heteroatoms. The molecule has 0 aliphatic carbocycles. The van der Waals surface area contributed by atoms with Gasteiger partial charge in [0.25, 0.3) is 5.91 Å². The molecule has 3 rings (SSSR count). The maximum absolute atomic E-state index is 12.5. The van der Waals surface area contributed by atoms with Crippen LogP contribution in [-0.2, 0) is 11.2 Å². The molecular formula is C19H20N2O3. The van der Waals surface area contributed by atoms with Gasteiger partial charge in [0.1, 0.15) is 5.75 Å². The minimum absolute atomic E-state index is 0.0147. The molecule has 24 heavy (non-hydrogen) atoms. The van der Waals surface area contributed by atoms with Crippen LogP contribution < -0.4 is 15.0 Å². The number of rotatable bonds is 4. The number of para-hydroxylation sites is 1. The zero-order chi connectivity index (χ0) is 16.9. The lowest BCUT2D eigenvalue weighted by atomic mass is 10.0. The number of nitrogens with one attached hydrogen (secondary N) is 1. The minimum Gasteiger partial charge on any atom is -0.497 e. The van der Waals surface area contributed by atoms with Gasteiger partial charge in [0.2, 0.25) is 5.91 Å². The number of aryl methyl sites for hydroxylation is 1. The smallest absolute Gasteiger partial charge is 0.251 e. The third-order valence-corrected chi connectivity index (χ3v) is 4.16. The number of carbonyl (C=O) groups excluding carboxylic acids is 2. The Morgan fingerprint density at radius 1 is 1.12 bits per heavy atom. The summed E-state index contributed by atoms with van der Waals surface area (Å²) in [4.78, 5) is 26.4. The minimum atomic E-state index is -0.267. The van der Waals surface area contributed by atoms with E-state index in [0.717, 1.165) is 18.5 Å². The van der Waals surface area contributed by atoms with E-state index in [9.17, 15) is 9.59 Å². The van der Waals surface area contributed by atoms with E-state index in [1.807, 2.05) is 24.3 Å². The van der Waals surface area contributed by atoms with E-state index in [4.69, 9.17) is 4.74 Å². The highest BCUT2D eigenvalue weighted by Gasteiger charge is 2.22. The van der Waals surface area contributed by atoms with Crippen molar-refractivity contribution in [1.29, 1.82) is 0 Å². The zero-order valence-corrected chi connectivity index (χ0v) is 13.6. The molecule has 0 atom stereocenters. The van der Waals surface area contributed by atoms with Crippen LogP contribution in [0.15, 0.2) is 48.5 Å². The van der Waals surface area contributed by atoms with Gasteiger partial charge in [-0.15, -0.1) is 0 Å². The molecular weight excluding hydrogens is 304 g/mol. The second-order valence-corrected chi connectivity index (χ2v) is 5.69. The van der Waals surface area contributed by atoms with Gasteiger partial charge in [0.05, 0.1) is 13.7 Å². The van der Waals surface area contributed by atoms with Crippen molar-refractivity contribution in [1.82, 2.24) is 5.32 Å². The topological polar surface area (TPSA) is 58.6 Å². The highest BCUT2D eigenvalue weighted by atomic mass is 16.5. The van der Waals surface area contributed by atoms with E-state index in [2.05, 4.69) is 5.32 Å². The van der Waals surface area contributed by atoms with E-state index in [1.54, 1.807) is 36.3 Å². The highest BCUT2D eigenvalue weighted by molar-refractivity contribution is 6.00. The van der Waals surface area contributed by atoms with Crippen molar-refractivity contribution in [2.24, 2.45) is 0 Å². The second-order valence-electron chi connectivity index (χ2n) is 5.69. The Bertz CT molecular complexity index is 741. The summed E-state index contributed by atoms with van der Waals surface area (Å²) >= 11 is 0. The normalized spacial score (nSPS) is 13.1. The molecule has 2 amide bonds. The van der Waals surface area contributed by atoms with Gasteiger partial charge in [-0.25, -0.2) is 0 Å². The first kappa shape index (κ1) is 16.1. The molecule has 0 saturated heterocycles. The van der Waals surface area contributed by atoms with Crippen molar-refractivity contribution >= 4 is 17.5 Å². The molecule has 0 unspecified atom stereocenters. The molecule has 0 saturated carbocycles. The molecule has 1 aliphatic heterocycles. The van der Waals surface area contributed by atoms with Gasteiger partial charge < -0.3 is 15.0 Å². The number of benzene rings is 2. The van der Waals surface area contributed by atoms with E-state index in [0.29, 0.717) is 17.9 Å². The first-order chi connectivity index (χ1) is 11.7. The number of carbonyl (C=O) groups is 2. The molecule has 124 valence electrons. The summed E-state index contributed by atoms with van der Waals surface area (Å²) < 4.78 is 5.07. The molecule has 0 aromatic heterocycles. The van der Waals surface area contributed by atoms with Gasteiger partial charge in [0, 0.05) is 17.8 Å². The van der Waals surface area contributed by atoms with Crippen LogP contribution in [0.25, 0.3) is 0 Å². The van der Waals surface area contributed by atoms with Gasteiger partial charge in [-0.1, -0.05) is 18.2 Å². The van der Waals surface area contributed by atoms with Crippen LogP contribution >= 0.6 is 0 Å². The van der Waals surface area contributed by atoms with E-state index < -0.39 is 0 Å². The number of anilines is 1. The fraction of sp³-hybridized carbons (Fsp3) is 0.263. The van der Waals surface area contributed by atoms with Gasteiger partial charge in [-0.2, -0.15) is 0 Å². The molecule has 0 radical (unpaired) electrons. The standard InChI is InChI=1S/C19H20N2O3/c1-24-16-10-8-15(9-11-16)19(23)20-13-18(22)21-12-4-6-14-5-2-3-7-17(14)21/h2-3,5,7-11H,4,6,12-13H2,1H3,(H,20,23). The maximum atomic E-state index is 12.5. The van der Waals surface area contributed by atoms with Crippen molar-refractivity contribution in [2.75, 3.05) is 25.1 Å². The molecule has 1 heterocycles. The molecule has 2 aromatic rings. The van der Waals surface area contributed by atoms with E-state index in [1.165, 1.54) is 5.56 Å². The van der Waals surface area contributed by atoms with Crippen molar-refractivity contribution in [2.45, 2.75) is 12.8 Å². The fourth-order valence-electron chi connectivity index (χ4n) is 2.89. The summed E-state index contributed by atoms with van der Waals surface area (Å²) in [6.45, 7) is 0.674. The van der Waals surface area contributed by atoms with Crippen molar-refractivity contribution < 1.29 is 14.3 Å². The first-order valence-corrected chi connectivity index (χ1v) is 7.99. The molecule has 5 nitrogen and oxygen atoms in total. The van der Waals surface area contributed by atoms with Gasteiger partial charge in [0.15, 0.2) is 0 Å². The van der Waals surface area contributed by atoms with Gasteiger partial charge in [-0.05, 0) is 48.7 Å². The first-order valence-electron chi connectivity index (χ1n) is 7.99. The van der Waals surface area contributed by atoms with Crippen LogP contribution in [-0.4, -0.2) is 32.0 Å². The Hall–Kier alpha value is -2.82. The molecule has 2 aromatic carbocycles. The Kier molecular flexibility index (Phi) is 4.79. The second kappa shape index (κ2) is 7.17. The molecule has 0 fully saturated rings. The van der Waals surface area contributed by atoms with Crippen molar-refractivity contribution in [3.8, 4) is 5.75 Å². The Labute approximate surface area is 141 Å². The van der Waals surface area contributed by atoms with E-state index >= 15 is 0 Å². The number of hydrogen-bond acceptors (Lipinski definition) is 3. The summed E-state index contributed by atoms with van der Waals surface area (Å²) in [6, 6.07) is 14.7. The number of hydrogen-bond donors (Lipinski definition) is 1. The third-order valence-electron chi connectivity index (χ3n) is 4.16. The number of fused-ring (bicyclic) bond motifs is 1. The lowest BCUT2D eigenvalue weighted by molar-refractivity contribution is -0.117. The molecule has 0 spiro atoms. The Balaban J connectivity index is 1.62. The van der Waals surface area contributed by atoms with Crippen LogP contribution in [0.4, 0.5) is 5.69 Å². The molecule has 0 bridgehead atoms. The zero-order valence-electron chi connectivity index (χ0n) is 13.6. The summed E-state index contributed by atoms with van der Waals surface area (Å²) in [6.07, 6.45) is 1.92. The van der Waals surface area contributed by atoms with Crippen molar-refractivity contribution in [3.05, 3.63) is 59.7 Å². The van der Waals surface area contributed by atoms with Crippen molar-refractivity contribution in [3.63, 3.8) is 0 Å². The quantitative estimate of drug-likeness (QED) is 0.939. The lowest BCUT2D eigenvalue weighted by Crippen LogP contribution is -2.42. The van der Waals surface area contributed by atoms with E-state index in [-0.39, 0.29) is 18.4 Å². The maximum Gasteiger partial charge on any atom is 0.251 e. The summed E-state index contributed by atoms with van der Waals surface area (Å²) in [5.74, 6) is 0.327. The Morgan fingerprint density at radius 2 is 1.88 bits per heavy atom. The SMILES string of the molecule is COc1ccc(C(=O)NCC(=O)N2CCCc3ccccc32)cc1. The van der Waals surface area contributed by atoms with Crippen LogP contribution in [0, 0.1) is 0 Å². The number of ether oxygens (including phenoxy) is 1. The predicted octanol–water partition coefficient (Wildman–Crippen LogP) is 2.40. The largest absolute Gasteiger partial charge is 0.497 e. The molecule has 1 N–H and O–H groups in total. The predicted molar refractivity (Wildman–Crippen MR) is 92.4 cm³/mol. The number of nitrogens with zero attached hydrogens (tertiary/aromatic N) is 1. The average molecular weight is 324 g/mol. The average Bonchev–Trinajstić information content (AvgIpc) is 2.65. The number of methoxy groups -OCH3 is 1. The van der Waals surface area contributed by atoms with Crippen LogP contribution in [0.2, 0.25) is 0 Å². The van der Waals surface area contributed by atoms with Crippen LogP contribution in [0.1, 0.15) is 22.3 Å². The molecule has 1 aliphatic rings. The Morgan fingerprint density at radius 3 is 2.62 bits per heavy atom. The monoisotopic (exact) mass is 324 g/mol.